The van der Waals surface area contributed by atoms with Gasteiger partial charge in [0.25, 0.3) is 0 Å². The van der Waals surface area contributed by atoms with Gasteiger partial charge in [-0.2, -0.15) is 0 Å². The van der Waals surface area contributed by atoms with Crippen LogP contribution in [0.15, 0.2) is 5.38 Å². The first-order valence-electron chi connectivity index (χ1n) is 7.18. The lowest BCUT2D eigenvalue weighted by molar-refractivity contribution is 0.0287. The zero-order valence-corrected chi connectivity index (χ0v) is 11.7. The van der Waals surface area contributed by atoms with Crippen molar-refractivity contribution >= 4 is 11.3 Å². The van der Waals surface area contributed by atoms with Gasteiger partial charge in [0.1, 0.15) is 0 Å². The van der Waals surface area contributed by atoms with E-state index in [1.54, 1.807) is 0 Å². The van der Waals surface area contributed by atoms with E-state index in [1.165, 1.54) is 42.8 Å². The van der Waals surface area contributed by atoms with E-state index in [0.717, 1.165) is 32.0 Å². The van der Waals surface area contributed by atoms with Gasteiger partial charge in [-0.3, -0.25) is 0 Å². The second-order valence-corrected chi connectivity index (χ2v) is 6.30. The molecule has 1 unspecified atom stereocenters. The molecule has 1 aromatic rings. The molecule has 0 radical (unpaired) electrons. The Labute approximate surface area is 113 Å². The van der Waals surface area contributed by atoms with Gasteiger partial charge in [-0.15, -0.1) is 11.3 Å². The molecule has 100 valence electrons. The largest absolute Gasteiger partial charge is 0.375 e. The van der Waals surface area contributed by atoms with Gasteiger partial charge in [-0.25, -0.2) is 4.98 Å². The van der Waals surface area contributed by atoms with Crippen LogP contribution in [0.3, 0.4) is 0 Å². The van der Waals surface area contributed by atoms with E-state index in [9.17, 15) is 0 Å². The van der Waals surface area contributed by atoms with E-state index >= 15 is 0 Å². The van der Waals surface area contributed by atoms with Crippen molar-refractivity contribution < 1.29 is 4.74 Å². The van der Waals surface area contributed by atoms with Crippen LogP contribution in [0.4, 0.5) is 0 Å². The molecule has 1 N–H and O–H groups in total. The summed E-state index contributed by atoms with van der Waals surface area (Å²) in [6.07, 6.45) is 8.15. The van der Waals surface area contributed by atoms with Crippen molar-refractivity contribution in [2.75, 3.05) is 19.7 Å². The fraction of sp³-hybridized carbons (Fsp3) is 0.786. The fourth-order valence-corrected chi connectivity index (χ4v) is 3.94. The molecule has 4 heteroatoms. The monoisotopic (exact) mass is 266 g/mol. The van der Waals surface area contributed by atoms with E-state index in [-0.39, 0.29) is 0 Å². The summed E-state index contributed by atoms with van der Waals surface area (Å²) in [5.74, 6) is 0.739. The number of nitrogens with one attached hydrogen (secondary N) is 1. The third kappa shape index (κ3) is 3.11. The second kappa shape index (κ2) is 6.13. The lowest BCUT2D eigenvalue weighted by atomic mass is 9.90. The van der Waals surface area contributed by atoms with Gasteiger partial charge in [-0.1, -0.05) is 19.3 Å². The summed E-state index contributed by atoms with van der Waals surface area (Å²) < 4.78 is 5.74. The third-order valence-corrected chi connectivity index (χ3v) is 5.02. The Kier molecular flexibility index (Phi) is 4.28. The SMILES string of the molecule is c1sc(C2CCCCC2)nc1CC1CNCCO1. The van der Waals surface area contributed by atoms with Gasteiger partial charge in [0, 0.05) is 30.8 Å². The lowest BCUT2D eigenvalue weighted by Crippen LogP contribution is -2.39. The van der Waals surface area contributed by atoms with Gasteiger partial charge in [0.05, 0.1) is 23.4 Å². The zero-order chi connectivity index (χ0) is 12.2. The molecule has 2 fully saturated rings. The minimum atomic E-state index is 0.319. The van der Waals surface area contributed by atoms with Gasteiger partial charge in [-0.05, 0) is 12.8 Å². The maximum atomic E-state index is 5.74. The van der Waals surface area contributed by atoms with Crippen LogP contribution in [0.2, 0.25) is 0 Å². The number of thiazole rings is 1. The molecule has 3 rings (SSSR count). The summed E-state index contributed by atoms with van der Waals surface area (Å²) in [4.78, 5) is 4.84. The second-order valence-electron chi connectivity index (χ2n) is 5.41. The van der Waals surface area contributed by atoms with E-state index < -0.39 is 0 Å². The van der Waals surface area contributed by atoms with Gasteiger partial charge in [0.15, 0.2) is 0 Å². The highest BCUT2D eigenvalue weighted by atomic mass is 32.1. The first-order valence-corrected chi connectivity index (χ1v) is 8.06. The van der Waals surface area contributed by atoms with Gasteiger partial charge in [0.2, 0.25) is 0 Å². The number of nitrogens with zero attached hydrogens (tertiary/aromatic N) is 1. The Balaban J connectivity index is 1.58. The number of rotatable bonds is 3. The Bertz CT molecular complexity index is 368. The quantitative estimate of drug-likeness (QED) is 0.913. The molecule has 1 aromatic heterocycles. The predicted molar refractivity (Wildman–Crippen MR) is 74.3 cm³/mol. The topological polar surface area (TPSA) is 34.2 Å². The molecule has 0 amide bonds. The van der Waals surface area contributed by atoms with Crippen molar-refractivity contribution in [1.29, 1.82) is 0 Å². The fourth-order valence-electron chi connectivity index (χ4n) is 2.94. The molecule has 2 heterocycles. The van der Waals surface area contributed by atoms with E-state index in [2.05, 4.69) is 10.7 Å². The Morgan fingerprint density at radius 2 is 2.22 bits per heavy atom. The first-order chi connectivity index (χ1) is 8.92. The predicted octanol–water partition coefficient (Wildman–Crippen LogP) is 2.72. The summed E-state index contributed by atoms with van der Waals surface area (Å²) in [5, 5.41) is 6.98. The van der Waals surface area contributed by atoms with Crippen molar-refractivity contribution in [3.63, 3.8) is 0 Å². The summed E-state index contributed by atoms with van der Waals surface area (Å²) in [6.45, 7) is 2.79. The lowest BCUT2D eigenvalue weighted by Gasteiger charge is -2.23. The standard InChI is InChI=1S/C14H22N2OS/c1-2-4-11(5-3-1)14-16-12(10-18-14)8-13-9-15-6-7-17-13/h10-11,13,15H,1-9H2. The van der Waals surface area contributed by atoms with Crippen LogP contribution in [0.25, 0.3) is 0 Å². The highest BCUT2D eigenvalue weighted by molar-refractivity contribution is 7.09. The van der Waals surface area contributed by atoms with Crippen LogP contribution in [0, 0.1) is 0 Å². The van der Waals surface area contributed by atoms with Crippen LogP contribution in [0.1, 0.15) is 48.7 Å². The normalized spacial score (nSPS) is 26.3. The van der Waals surface area contributed by atoms with E-state index in [0.29, 0.717) is 6.10 Å². The minimum Gasteiger partial charge on any atom is -0.375 e. The molecule has 0 spiro atoms. The Hall–Kier alpha value is -0.450. The maximum absolute atomic E-state index is 5.74. The molecule has 1 saturated carbocycles. The number of hydrogen-bond acceptors (Lipinski definition) is 4. The van der Waals surface area contributed by atoms with Crippen LogP contribution in [-0.4, -0.2) is 30.8 Å². The maximum Gasteiger partial charge on any atom is 0.0959 e. The van der Waals surface area contributed by atoms with Crippen LogP contribution >= 0.6 is 11.3 Å². The molecule has 18 heavy (non-hydrogen) atoms. The molecule has 3 nitrogen and oxygen atoms in total. The van der Waals surface area contributed by atoms with Crippen molar-refractivity contribution in [2.24, 2.45) is 0 Å². The molecule has 1 aliphatic carbocycles. The van der Waals surface area contributed by atoms with Crippen LogP contribution in [0.5, 0.6) is 0 Å². The molecule has 1 atom stereocenters. The zero-order valence-electron chi connectivity index (χ0n) is 10.9. The average molecular weight is 266 g/mol. The molecule has 1 aliphatic heterocycles. The smallest absolute Gasteiger partial charge is 0.0959 e. The van der Waals surface area contributed by atoms with Gasteiger partial charge >= 0.3 is 0 Å². The average Bonchev–Trinajstić information content (AvgIpc) is 2.89. The molecule has 2 aliphatic rings. The van der Waals surface area contributed by atoms with Crippen LogP contribution < -0.4 is 5.32 Å². The first kappa shape index (κ1) is 12.6. The number of ether oxygens (including phenoxy) is 1. The number of aromatic nitrogens is 1. The molecule has 1 saturated heterocycles. The van der Waals surface area contributed by atoms with Gasteiger partial charge < -0.3 is 10.1 Å². The van der Waals surface area contributed by atoms with E-state index in [4.69, 9.17) is 9.72 Å². The molecular weight excluding hydrogens is 244 g/mol. The highest BCUT2D eigenvalue weighted by Gasteiger charge is 2.20. The number of hydrogen-bond donors (Lipinski definition) is 1. The van der Waals surface area contributed by atoms with Crippen molar-refractivity contribution in [2.45, 2.75) is 50.5 Å². The summed E-state index contributed by atoms with van der Waals surface area (Å²) in [7, 11) is 0. The highest BCUT2D eigenvalue weighted by Crippen LogP contribution is 2.34. The Morgan fingerprint density at radius 3 is 3.00 bits per heavy atom. The van der Waals surface area contributed by atoms with E-state index in [1.807, 2.05) is 11.3 Å². The Morgan fingerprint density at radius 1 is 1.33 bits per heavy atom. The minimum absolute atomic E-state index is 0.319. The van der Waals surface area contributed by atoms with Crippen LogP contribution in [-0.2, 0) is 11.2 Å². The summed E-state index contributed by atoms with van der Waals surface area (Å²) in [5.41, 5.74) is 1.23. The molecule has 0 aromatic carbocycles. The third-order valence-electron chi connectivity index (χ3n) is 3.97. The van der Waals surface area contributed by atoms with Crippen molar-refractivity contribution in [3.05, 3.63) is 16.1 Å². The van der Waals surface area contributed by atoms with Crippen molar-refractivity contribution in [3.8, 4) is 0 Å². The summed E-state index contributed by atoms with van der Waals surface area (Å²) >= 11 is 1.86. The van der Waals surface area contributed by atoms with Crippen molar-refractivity contribution in [1.82, 2.24) is 10.3 Å². The molecule has 0 bridgehead atoms. The number of morpholine rings is 1. The summed E-state index contributed by atoms with van der Waals surface area (Å²) in [6, 6.07) is 0. The molecular formula is C14H22N2OS.